The van der Waals surface area contributed by atoms with E-state index in [2.05, 4.69) is 6.92 Å². The summed E-state index contributed by atoms with van der Waals surface area (Å²) in [6, 6.07) is 0. The molecular weight excluding hydrogens is 191 g/mol. The first-order valence-electron chi connectivity index (χ1n) is 3.49. The average molecular weight is 206 g/mol. The monoisotopic (exact) mass is 206 g/mol. The summed E-state index contributed by atoms with van der Waals surface area (Å²) in [7, 11) is -2.17. The molecule has 0 aliphatic carbocycles. The molecule has 1 unspecified atom stereocenters. The van der Waals surface area contributed by atoms with Gasteiger partial charge in [-0.3, -0.25) is 4.57 Å². The number of rotatable bonds is 5. The molecule has 0 aliphatic heterocycles. The van der Waals surface area contributed by atoms with E-state index in [4.69, 9.17) is 4.89 Å². The van der Waals surface area contributed by atoms with Gasteiger partial charge in [0.1, 0.15) is 0 Å². The molecule has 0 heterocycles. The van der Waals surface area contributed by atoms with Gasteiger partial charge < -0.3 is 4.89 Å². The molecule has 0 bridgehead atoms. The molecule has 1 atom stereocenters. The van der Waals surface area contributed by atoms with Gasteiger partial charge in [-0.15, -0.1) is 0 Å². The fraction of sp³-hybridized carbons (Fsp3) is 1.00. The Morgan fingerprint density at radius 1 is 1.30 bits per heavy atom. The van der Waals surface area contributed by atoms with Crippen LogP contribution >= 0.6 is 8.03 Å². The van der Waals surface area contributed by atoms with Crippen molar-refractivity contribution in [2.75, 3.05) is 6.16 Å². The normalized spacial score (nSPS) is 12.2. The Hall–Kier alpha value is 0.709. The van der Waals surface area contributed by atoms with E-state index in [1.807, 2.05) is 0 Å². The van der Waals surface area contributed by atoms with Crippen LogP contribution in [0.15, 0.2) is 0 Å². The standard InChI is InChI=1S/C6H15O2P.Fe/c1-2-3-4-5-6-9(7)8;/h9H,2-6H2,1H3,(H,7,8);. The van der Waals surface area contributed by atoms with Gasteiger partial charge in [0.25, 0.3) is 0 Å². The van der Waals surface area contributed by atoms with Crippen LogP contribution in [0.1, 0.15) is 32.6 Å². The van der Waals surface area contributed by atoms with E-state index in [1.165, 1.54) is 12.8 Å². The van der Waals surface area contributed by atoms with Gasteiger partial charge in [0.05, 0.1) is 0 Å². The maximum absolute atomic E-state index is 10.1. The number of hydrogen-bond acceptors (Lipinski definition) is 1. The molecule has 0 aromatic rings. The molecule has 0 saturated heterocycles. The fourth-order valence-electron chi connectivity index (χ4n) is 0.703. The summed E-state index contributed by atoms with van der Waals surface area (Å²) < 4.78 is 10.1. The zero-order chi connectivity index (χ0) is 7.11. The van der Waals surface area contributed by atoms with Crippen LogP contribution in [0.2, 0.25) is 0 Å². The van der Waals surface area contributed by atoms with Crippen molar-refractivity contribution in [3.63, 3.8) is 0 Å². The van der Waals surface area contributed by atoms with Gasteiger partial charge in [0.15, 0.2) is 8.03 Å². The van der Waals surface area contributed by atoms with E-state index >= 15 is 0 Å². The van der Waals surface area contributed by atoms with E-state index < -0.39 is 8.03 Å². The maximum Gasteiger partial charge on any atom is 0.189 e. The first-order valence-corrected chi connectivity index (χ1v) is 5.05. The van der Waals surface area contributed by atoms with Crippen molar-refractivity contribution in [3.8, 4) is 0 Å². The largest absolute Gasteiger partial charge is 0.346 e. The Labute approximate surface area is 73.7 Å². The Kier molecular flexibility index (Phi) is 12.9. The zero-order valence-electron chi connectivity index (χ0n) is 6.24. The summed E-state index contributed by atoms with van der Waals surface area (Å²) in [6.45, 7) is 2.13. The van der Waals surface area contributed by atoms with Crippen molar-refractivity contribution in [2.24, 2.45) is 0 Å². The van der Waals surface area contributed by atoms with E-state index in [-0.39, 0.29) is 17.1 Å². The second kappa shape index (κ2) is 9.71. The van der Waals surface area contributed by atoms with Gasteiger partial charge in [0, 0.05) is 23.2 Å². The predicted octanol–water partition coefficient (Wildman–Crippen LogP) is 2.03. The van der Waals surface area contributed by atoms with Gasteiger partial charge in [-0.2, -0.15) is 0 Å². The molecule has 1 N–H and O–H groups in total. The molecule has 2 nitrogen and oxygen atoms in total. The van der Waals surface area contributed by atoms with Crippen molar-refractivity contribution in [1.29, 1.82) is 0 Å². The molecule has 0 aliphatic rings. The van der Waals surface area contributed by atoms with Crippen LogP contribution < -0.4 is 0 Å². The molecule has 0 radical (unpaired) electrons. The third-order valence-electron chi connectivity index (χ3n) is 1.24. The number of unbranched alkanes of at least 4 members (excludes halogenated alkanes) is 3. The summed E-state index contributed by atoms with van der Waals surface area (Å²) >= 11 is 0. The third-order valence-corrected chi connectivity index (χ3v) is 2.03. The Morgan fingerprint density at radius 3 is 2.30 bits per heavy atom. The SMILES string of the molecule is CCCCCC[PH](=O)O.[Fe]. The first-order chi connectivity index (χ1) is 4.27. The molecule has 0 saturated carbocycles. The van der Waals surface area contributed by atoms with Crippen molar-refractivity contribution in [2.45, 2.75) is 32.6 Å². The van der Waals surface area contributed by atoms with E-state index in [9.17, 15) is 4.57 Å². The molecule has 0 amide bonds. The van der Waals surface area contributed by atoms with Crippen molar-refractivity contribution in [3.05, 3.63) is 0 Å². The Bertz CT molecular complexity index is 87.8. The smallest absolute Gasteiger partial charge is 0.189 e. The van der Waals surface area contributed by atoms with Gasteiger partial charge in [-0.25, -0.2) is 0 Å². The summed E-state index contributed by atoms with van der Waals surface area (Å²) in [5.74, 6) is 0. The summed E-state index contributed by atoms with van der Waals surface area (Å²) in [5.41, 5.74) is 0. The minimum absolute atomic E-state index is 0. The third kappa shape index (κ3) is 11.5. The summed E-state index contributed by atoms with van der Waals surface area (Å²) in [4.78, 5) is 8.40. The molecule has 0 rings (SSSR count). The van der Waals surface area contributed by atoms with Crippen molar-refractivity contribution < 1.29 is 26.5 Å². The predicted molar refractivity (Wildman–Crippen MR) is 40.2 cm³/mol. The molecule has 0 spiro atoms. The molecule has 0 aromatic heterocycles. The van der Waals surface area contributed by atoms with E-state index in [1.54, 1.807) is 0 Å². The fourth-order valence-corrected chi connectivity index (χ4v) is 1.26. The van der Waals surface area contributed by atoms with Gasteiger partial charge in [-0.05, 0) is 6.42 Å². The molecule has 64 valence electrons. The quantitative estimate of drug-likeness (QED) is 0.424. The van der Waals surface area contributed by atoms with Crippen LogP contribution in [0.3, 0.4) is 0 Å². The Morgan fingerprint density at radius 2 is 1.90 bits per heavy atom. The van der Waals surface area contributed by atoms with Crippen LogP contribution in [-0.2, 0) is 21.6 Å². The Balaban J connectivity index is 0. The first kappa shape index (κ1) is 13.3. The summed E-state index contributed by atoms with van der Waals surface area (Å²) in [6.07, 6.45) is 4.92. The molecule has 0 aromatic carbocycles. The molecular formula is C6H15FeO2P. The minimum atomic E-state index is -2.17. The van der Waals surface area contributed by atoms with Crippen LogP contribution in [0.5, 0.6) is 0 Å². The second-order valence-corrected chi connectivity index (χ2v) is 3.49. The topological polar surface area (TPSA) is 37.3 Å². The summed E-state index contributed by atoms with van der Waals surface area (Å²) in [5, 5.41) is 0. The molecule has 10 heavy (non-hydrogen) atoms. The second-order valence-electron chi connectivity index (χ2n) is 2.20. The van der Waals surface area contributed by atoms with Gasteiger partial charge in [-0.1, -0.05) is 26.2 Å². The van der Waals surface area contributed by atoms with Crippen molar-refractivity contribution in [1.82, 2.24) is 0 Å². The maximum atomic E-state index is 10.1. The number of hydrogen-bond donors (Lipinski definition) is 1. The average Bonchev–Trinajstić information content (AvgIpc) is 1.80. The minimum Gasteiger partial charge on any atom is -0.346 e. The van der Waals surface area contributed by atoms with Crippen LogP contribution in [0, 0.1) is 0 Å². The van der Waals surface area contributed by atoms with E-state index in [0.717, 1.165) is 12.8 Å². The van der Waals surface area contributed by atoms with Crippen molar-refractivity contribution >= 4 is 8.03 Å². The van der Waals surface area contributed by atoms with Crippen LogP contribution in [-0.4, -0.2) is 11.1 Å². The van der Waals surface area contributed by atoms with Gasteiger partial charge in [0.2, 0.25) is 0 Å². The zero-order valence-corrected chi connectivity index (χ0v) is 8.35. The molecule has 4 heteroatoms. The van der Waals surface area contributed by atoms with Crippen LogP contribution in [0.25, 0.3) is 0 Å². The van der Waals surface area contributed by atoms with E-state index in [0.29, 0.717) is 6.16 Å². The molecule has 0 fully saturated rings. The van der Waals surface area contributed by atoms with Crippen LogP contribution in [0.4, 0.5) is 0 Å². The van der Waals surface area contributed by atoms with Gasteiger partial charge >= 0.3 is 0 Å².